The Kier molecular flexibility index (Phi) is 3.70. The first-order chi connectivity index (χ1) is 10.1. The third kappa shape index (κ3) is 2.80. The number of aryl methyl sites for hydroxylation is 1. The molecule has 110 valence electrons. The lowest BCUT2D eigenvalue weighted by molar-refractivity contribution is 0.0749. The number of carbonyl (C=O) groups is 1. The van der Waals surface area contributed by atoms with E-state index in [9.17, 15) is 9.90 Å². The highest BCUT2D eigenvalue weighted by Crippen LogP contribution is 2.22. The van der Waals surface area contributed by atoms with Crippen molar-refractivity contribution in [3.05, 3.63) is 48.3 Å². The molecule has 0 saturated carbocycles. The van der Waals surface area contributed by atoms with E-state index in [4.69, 9.17) is 0 Å². The maximum absolute atomic E-state index is 12.4. The molecule has 1 N–H and O–H groups in total. The van der Waals surface area contributed by atoms with E-state index in [-0.39, 0.29) is 11.8 Å². The van der Waals surface area contributed by atoms with Crippen molar-refractivity contribution in [1.82, 2.24) is 19.4 Å². The van der Waals surface area contributed by atoms with E-state index >= 15 is 0 Å². The molecule has 3 rings (SSSR count). The lowest BCUT2D eigenvalue weighted by Crippen LogP contribution is -2.31. The zero-order valence-electron chi connectivity index (χ0n) is 11.9. The second-order valence-electron chi connectivity index (χ2n) is 5.46. The number of hydrogen-bond donors (Lipinski definition) is 1. The SMILES string of the molecule is Cn1ccnc1C(=O)N1C[C@@H](Cc2ccncc2)[C@@H](O)C1. The lowest BCUT2D eigenvalue weighted by Gasteiger charge is -2.15. The summed E-state index contributed by atoms with van der Waals surface area (Å²) < 4.78 is 1.70. The first-order valence-electron chi connectivity index (χ1n) is 6.98. The molecule has 0 spiro atoms. The molecule has 1 saturated heterocycles. The fourth-order valence-electron chi connectivity index (χ4n) is 2.76. The van der Waals surface area contributed by atoms with Crippen LogP contribution in [0.15, 0.2) is 36.9 Å². The third-order valence-corrected chi connectivity index (χ3v) is 3.95. The molecule has 2 aromatic heterocycles. The molecule has 0 radical (unpaired) electrons. The summed E-state index contributed by atoms with van der Waals surface area (Å²) in [6.07, 6.45) is 7.08. The first-order valence-corrected chi connectivity index (χ1v) is 6.98. The molecular formula is C15H18N4O2. The van der Waals surface area contributed by atoms with E-state index < -0.39 is 6.10 Å². The number of imidazole rings is 1. The van der Waals surface area contributed by atoms with Gasteiger partial charge in [-0.3, -0.25) is 9.78 Å². The van der Waals surface area contributed by atoms with Crippen LogP contribution in [0, 0.1) is 5.92 Å². The number of carbonyl (C=O) groups excluding carboxylic acids is 1. The third-order valence-electron chi connectivity index (χ3n) is 3.95. The Bertz CT molecular complexity index is 626. The number of rotatable bonds is 3. The number of pyridine rings is 1. The molecule has 21 heavy (non-hydrogen) atoms. The molecule has 0 aliphatic carbocycles. The highest BCUT2D eigenvalue weighted by atomic mass is 16.3. The predicted molar refractivity (Wildman–Crippen MR) is 76.5 cm³/mol. The number of nitrogens with zero attached hydrogens (tertiary/aromatic N) is 4. The van der Waals surface area contributed by atoms with Crippen LogP contribution in [0.2, 0.25) is 0 Å². The van der Waals surface area contributed by atoms with Crippen molar-refractivity contribution in [2.75, 3.05) is 13.1 Å². The number of aliphatic hydroxyl groups excluding tert-OH is 1. The fourth-order valence-corrected chi connectivity index (χ4v) is 2.76. The van der Waals surface area contributed by atoms with E-state index in [0.717, 1.165) is 12.0 Å². The largest absolute Gasteiger partial charge is 0.391 e. The predicted octanol–water partition coefficient (Wildman–Crippen LogP) is 0.491. The average molecular weight is 286 g/mol. The molecule has 3 heterocycles. The fraction of sp³-hybridized carbons (Fsp3) is 0.400. The Morgan fingerprint density at radius 3 is 2.76 bits per heavy atom. The number of aromatic nitrogens is 3. The van der Waals surface area contributed by atoms with E-state index in [2.05, 4.69) is 9.97 Å². The summed E-state index contributed by atoms with van der Waals surface area (Å²) in [6.45, 7) is 0.913. The van der Waals surface area contributed by atoms with Gasteiger partial charge in [0.25, 0.3) is 5.91 Å². The van der Waals surface area contributed by atoms with Gasteiger partial charge in [0.15, 0.2) is 5.82 Å². The molecule has 1 fully saturated rings. The second kappa shape index (κ2) is 5.65. The number of aliphatic hydroxyl groups is 1. The molecule has 2 atom stereocenters. The summed E-state index contributed by atoms with van der Waals surface area (Å²) in [6, 6.07) is 3.88. The number of β-amino-alcohol motifs (C(OH)–C–C–N with tert-alkyl or cyclic N) is 1. The smallest absolute Gasteiger partial charge is 0.289 e. The van der Waals surface area contributed by atoms with E-state index in [1.807, 2.05) is 12.1 Å². The summed E-state index contributed by atoms with van der Waals surface area (Å²) in [7, 11) is 1.79. The maximum Gasteiger partial charge on any atom is 0.289 e. The molecule has 6 nitrogen and oxygen atoms in total. The Hall–Kier alpha value is -2.21. The Labute approximate surface area is 123 Å². The average Bonchev–Trinajstić information content (AvgIpc) is 3.06. The van der Waals surface area contributed by atoms with Crippen LogP contribution in [0.5, 0.6) is 0 Å². The summed E-state index contributed by atoms with van der Waals surface area (Å²) in [5.74, 6) is 0.335. The van der Waals surface area contributed by atoms with Crippen molar-refractivity contribution < 1.29 is 9.90 Å². The Morgan fingerprint density at radius 2 is 2.10 bits per heavy atom. The van der Waals surface area contributed by atoms with Crippen molar-refractivity contribution >= 4 is 5.91 Å². The molecule has 2 aromatic rings. The topological polar surface area (TPSA) is 71.2 Å². The zero-order valence-corrected chi connectivity index (χ0v) is 11.9. The quantitative estimate of drug-likeness (QED) is 0.891. The number of likely N-dealkylation sites (tertiary alicyclic amines) is 1. The highest BCUT2D eigenvalue weighted by molar-refractivity contribution is 5.91. The summed E-state index contributed by atoms with van der Waals surface area (Å²) in [5.41, 5.74) is 1.13. The molecule has 0 bridgehead atoms. The van der Waals surface area contributed by atoms with Gasteiger partial charge in [-0.25, -0.2) is 4.98 Å². The van der Waals surface area contributed by atoms with Crippen LogP contribution < -0.4 is 0 Å². The van der Waals surface area contributed by atoms with Crippen LogP contribution >= 0.6 is 0 Å². The van der Waals surface area contributed by atoms with E-state index in [0.29, 0.717) is 18.9 Å². The van der Waals surface area contributed by atoms with Crippen molar-refractivity contribution in [2.24, 2.45) is 13.0 Å². The maximum atomic E-state index is 12.4. The van der Waals surface area contributed by atoms with Gasteiger partial charge in [-0.05, 0) is 24.1 Å². The number of hydrogen-bond acceptors (Lipinski definition) is 4. The van der Waals surface area contributed by atoms with Gasteiger partial charge in [0, 0.05) is 50.8 Å². The van der Waals surface area contributed by atoms with Crippen molar-refractivity contribution in [1.29, 1.82) is 0 Å². The monoisotopic (exact) mass is 286 g/mol. The molecular weight excluding hydrogens is 268 g/mol. The van der Waals surface area contributed by atoms with Crippen molar-refractivity contribution in [3.63, 3.8) is 0 Å². The molecule has 1 amide bonds. The van der Waals surface area contributed by atoms with Crippen LogP contribution in [0.4, 0.5) is 0 Å². The summed E-state index contributed by atoms with van der Waals surface area (Å²) in [4.78, 5) is 22.1. The molecule has 6 heteroatoms. The van der Waals surface area contributed by atoms with Gasteiger partial charge in [-0.1, -0.05) is 0 Å². The van der Waals surface area contributed by atoms with Crippen LogP contribution in [0.1, 0.15) is 16.2 Å². The van der Waals surface area contributed by atoms with Crippen molar-refractivity contribution in [2.45, 2.75) is 12.5 Å². The zero-order chi connectivity index (χ0) is 14.8. The van der Waals surface area contributed by atoms with Gasteiger partial charge in [0.2, 0.25) is 0 Å². The highest BCUT2D eigenvalue weighted by Gasteiger charge is 2.35. The molecule has 0 aromatic carbocycles. The normalized spacial score (nSPS) is 21.7. The lowest BCUT2D eigenvalue weighted by atomic mass is 9.97. The molecule has 1 aliphatic rings. The van der Waals surface area contributed by atoms with Gasteiger partial charge in [0.1, 0.15) is 0 Å². The van der Waals surface area contributed by atoms with E-state index in [1.165, 1.54) is 0 Å². The van der Waals surface area contributed by atoms with Gasteiger partial charge < -0.3 is 14.6 Å². The second-order valence-corrected chi connectivity index (χ2v) is 5.46. The summed E-state index contributed by atoms with van der Waals surface area (Å²) in [5, 5.41) is 10.2. The van der Waals surface area contributed by atoms with Crippen molar-refractivity contribution in [3.8, 4) is 0 Å². The first kappa shape index (κ1) is 13.8. The van der Waals surface area contributed by atoms with Crippen LogP contribution in [-0.2, 0) is 13.5 Å². The Morgan fingerprint density at radius 1 is 1.33 bits per heavy atom. The van der Waals surface area contributed by atoms with Gasteiger partial charge in [0.05, 0.1) is 6.10 Å². The van der Waals surface area contributed by atoms with E-state index in [1.54, 1.807) is 41.3 Å². The number of amides is 1. The van der Waals surface area contributed by atoms with Gasteiger partial charge in [-0.2, -0.15) is 0 Å². The standard InChI is InChI=1S/C15H18N4O2/c1-18-7-6-17-14(18)15(21)19-9-12(13(20)10-19)8-11-2-4-16-5-3-11/h2-7,12-13,20H,8-10H2,1H3/t12-,13+/m1/s1. The van der Waals surface area contributed by atoms with Gasteiger partial charge in [-0.15, -0.1) is 0 Å². The minimum Gasteiger partial charge on any atom is -0.391 e. The van der Waals surface area contributed by atoms with Crippen LogP contribution in [-0.4, -0.2) is 49.6 Å². The van der Waals surface area contributed by atoms with Gasteiger partial charge >= 0.3 is 0 Å². The minimum absolute atomic E-state index is 0.0524. The van der Waals surface area contributed by atoms with Crippen LogP contribution in [0.25, 0.3) is 0 Å². The molecule has 1 aliphatic heterocycles. The molecule has 0 unspecified atom stereocenters. The van der Waals surface area contributed by atoms with Crippen LogP contribution in [0.3, 0.4) is 0 Å². The minimum atomic E-state index is -0.498. The Balaban J connectivity index is 1.69. The summed E-state index contributed by atoms with van der Waals surface area (Å²) >= 11 is 0.